The van der Waals surface area contributed by atoms with Gasteiger partial charge >= 0.3 is 0 Å². The first-order valence-corrected chi connectivity index (χ1v) is 6.94. The molecule has 4 heteroatoms. The summed E-state index contributed by atoms with van der Waals surface area (Å²) in [6.07, 6.45) is 0. The molecule has 0 aliphatic heterocycles. The normalized spacial score (nSPS) is 9.55. The molecule has 0 radical (unpaired) electrons. The van der Waals surface area contributed by atoms with E-state index in [1.165, 1.54) is 0 Å². The van der Waals surface area contributed by atoms with Crippen molar-refractivity contribution in [3.05, 3.63) is 33.7 Å². The number of benzene rings is 1. The van der Waals surface area contributed by atoms with E-state index in [0.29, 0.717) is 10.4 Å². The van der Waals surface area contributed by atoms with Gasteiger partial charge in [0.1, 0.15) is 35.4 Å². The monoisotopic (exact) mass is 288 g/mol. The number of hydrogen-bond donors (Lipinski definition) is 0. The van der Waals surface area contributed by atoms with Crippen molar-refractivity contribution in [2.24, 2.45) is 0 Å². The molecule has 1 rings (SSSR count). The molecule has 0 saturated carbocycles. The fourth-order valence-electron chi connectivity index (χ4n) is 2.31. The lowest BCUT2D eigenvalue weighted by Gasteiger charge is -2.13. The molecule has 1 aromatic carbocycles. The van der Waals surface area contributed by atoms with Crippen LogP contribution in [-0.4, -0.2) is 0 Å². The first-order chi connectivity index (χ1) is 10.4. The summed E-state index contributed by atoms with van der Waals surface area (Å²) in [5.74, 6) is 0.121. The lowest BCUT2D eigenvalue weighted by molar-refractivity contribution is 0.829. The zero-order valence-corrected chi connectivity index (χ0v) is 13.1. The number of hydrogen-bond acceptors (Lipinski definition) is 4. The summed E-state index contributed by atoms with van der Waals surface area (Å²) in [6.45, 7) is 7.79. The summed E-state index contributed by atoms with van der Waals surface area (Å²) >= 11 is 0. The maximum Gasteiger partial charge on any atom is 0.137 e. The minimum atomic E-state index is 0.0487. The average molecular weight is 288 g/mol. The molecule has 0 amide bonds. The van der Waals surface area contributed by atoms with Crippen molar-refractivity contribution in [2.75, 3.05) is 0 Å². The second kappa shape index (κ2) is 7.08. The highest BCUT2D eigenvalue weighted by Crippen LogP contribution is 2.14. The lowest BCUT2D eigenvalue weighted by atomic mass is 9.90. The Morgan fingerprint density at radius 3 is 1.14 bits per heavy atom. The lowest BCUT2D eigenvalue weighted by Crippen LogP contribution is -2.24. The van der Waals surface area contributed by atoms with Crippen molar-refractivity contribution in [1.82, 2.24) is 0 Å². The van der Waals surface area contributed by atoms with E-state index in [4.69, 9.17) is 21.0 Å². The molecule has 0 spiro atoms. The molecule has 22 heavy (non-hydrogen) atoms. The van der Waals surface area contributed by atoms with Gasteiger partial charge < -0.3 is 0 Å². The minimum absolute atomic E-state index is 0.0487. The van der Waals surface area contributed by atoms with Crippen molar-refractivity contribution in [2.45, 2.75) is 39.5 Å². The Morgan fingerprint density at radius 2 is 0.955 bits per heavy atom. The van der Waals surface area contributed by atoms with Crippen LogP contribution in [0.25, 0.3) is 11.1 Å². The second-order valence-corrected chi connectivity index (χ2v) is 5.53. The van der Waals surface area contributed by atoms with Gasteiger partial charge in [0.05, 0.1) is 0 Å². The van der Waals surface area contributed by atoms with Crippen LogP contribution in [0.2, 0.25) is 0 Å². The summed E-state index contributed by atoms with van der Waals surface area (Å²) in [5, 5.41) is 37.8. The van der Waals surface area contributed by atoms with E-state index in [2.05, 4.69) is 0 Å². The number of nitrogens with zero attached hydrogens (tertiary/aromatic N) is 4. The summed E-state index contributed by atoms with van der Waals surface area (Å²) in [4.78, 5) is 0. The molecule has 1 aromatic rings. The molecular weight excluding hydrogens is 272 g/mol. The summed E-state index contributed by atoms with van der Waals surface area (Å²) in [7, 11) is 0. The third kappa shape index (κ3) is 3.15. The van der Waals surface area contributed by atoms with E-state index in [1.807, 2.05) is 52.0 Å². The van der Waals surface area contributed by atoms with Crippen LogP contribution in [0, 0.1) is 45.3 Å². The van der Waals surface area contributed by atoms with Crippen LogP contribution in [0.5, 0.6) is 0 Å². The van der Waals surface area contributed by atoms with Crippen LogP contribution in [0.1, 0.15) is 50.7 Å². The van der Waals surface area contributed by atoms with E-state index >= 15 is 0 Å². The van der Waals surface area contributed by atoms with Gasteiger partial charge in [-0.25, -0.2) is 0 Å². The standard InChI is InChI=1S/C18H16N4/c1-11(2)15-5-18(14(9-21)10-22)16(12(3)4)6-17(15)13(7-19)8-20/h5-6,11-12H,1-4H3. The summed E-state index contributed by atoms with van der Waals surface area (Å²) < 4.78 is 0. The molecule has 0 bridgehead atoms. The third-order valence-electron chi connectivity index (χ3n) is 3.45. The maximum absolute atomic E-state index is 9.17. The fraction of sp³-hybridized carbons (Fsp3) is 0.333. The molecule has 108 valence electrons. The fourth-order valence-corrected chi connectivity index (χ4v) is 2.31. The quantitative estimate of drug-likeness (QED) is 0.834. The van der Waals surface area contributed by atoms with Gasteiger partial charge in [0.2, 0.25) is 0 Å². The molecular formula is C18H16N4. The largest absolute Gasteiger partial charge is 0.192 e. The van der Waals surface area contributed by atoms with E-state index in [0.717, 1.165) is 11.1 Å². The van der Waals surface area contributed by atoms with Crippen LogP contribution in [0.15, 0.2) is 12.1 Å². The average Bonchev–Trinajstić information content (AvgIpc) is 2.49. The van der Waals surface area contributed by atoms with Gasteiger partial charge in [-0.05, 0) is 35.1 Å². The van der Waals surface area contributed by atoms with Crippen molar-refractivity contribution >= 4 is 11.1 Å². The van der Waals surface area contributed by atoms with Crippen LogP contribution >= 0.6 is 0 Å². The third-order valence-corrected chi connectivity index (χ3v) is 3.45. The number of nitriles is 4. The predicted octanol–water partition coefficient (Wildman–Crippen LogP) is 2.33. The van der Waals surface area contributed by atoms with Gasteiger partial charge in [-0.1, -0.05) is 27.7 Å². The highest BCUT2D eigenvalue weighted by Gasteiger charge is 2.13. The van der Waals surface area contributed by atoms with Gasteiger partial charge in [0.15, 0.2) is 0 Å². The Kier molecular flexibility index (Phi) is 5.46. The first kappa shape index (κ1) is 17.0. The zero-order valence-electron chi connectivity index (χ0n) is 13.1. The highest BCUT2D eigenvalue weighted by molar-refractivity contribution is 5.76. The minimum Gasteiger partial charge on any atom is -0.192 e. The molecule has 0 aliphatic rings. The molecule has 0 saturated heterocycles. The molecule has 0 aliphatic carbocycles. The van der Waals surface area contributed by atoms with Gasteiger partial charge in [0, 0.05) is 10.4 Å². The van der Waals surface area contributed by atoms with Gasteiger partial charge in [-0.3, -0.25) is 0 Å². The molecule has 0 aromatic heterocycles. The van der Waals surface area contributed by atoms with Gasteiger partial charge in [-0.15, -0.1) is 0 Å². The van der Waals surface area contributed by atoms with E-state index in [1.54, 1.807) is 12.1 Å². The van der Waals surface area contributed by atoms with Crippen molar-refractivity contribution in [3.8, 4) is 24.3 Å². The highest BCUT2D eigenvalue weighted by atomic mass is 14.3. The smallest absolute Gasteiger partial charge is 0.137 e. The Balaban J connectivity index is 4.22. The summed E-state index contributed by atoms with van der Waals surface area (Å²) in [6, 6.07) is 11.2. The zero-order chi connectivity index (χ0) is 16.9. The SMILES string of the molecule is CC(C)c1cc(=C(C#N)C#N)c(C(C)C)cc1=C(C#N)C#N. The van der Waals surface area contributed by atoms with Gasteiger partial charge in [-0.2, -0.15) is 21.0 Å². The van der Waals surface area contributed by atoms with E-state index in [-0.39, 0.29) is 23.0 Å². The molecule has 4 nitrogen and oxygen atoms in total. The molecule has 0 N–H and O–H groups in total. The topological polar surface area (TPSA) is 95.2 Å². The van der Waals surface area contributed by atoms with Crippen LogP contribution in [-0.2, 0) is 0 Å². The first-order valence-electron chi connectivity index (χ1n) is 6.94. The Bertz CT molecular complexity index is 768. The Hall–Kier alpha value is -3.08. The second-order valence-electron chi connectivity index (χ2n) is 5.53. The van der Waals surface area contributed by atoms with Gasteiger partial charge in [0.25, 0.3) is 0 Å². The van der Waals surface area contributed by atoms with Crippen molar-refractivity contribution in [3.63, 3.8) is 0 Å². The summed E-state index contributed by atoms with van der Waals surface area (Å²) in [5.41, 5.74) is 1.68. The van der Waals surface area contributed by atoms with Crippen molar-refractivity contribution in [1.29, 1.82) is 21.0 Å². The maximum atomic E-state index is 9.17. The number of rotatable bonds is 2. The molecule has 0 unspecified atom stereocenters. The van der Waals surface area contributed by atoms with Crippen molar-refractivity contribution < 1.29 is 0 Å². The van der Waals surface area contributed by atoms with Crippen LogP contribution in [0.4, 0.5) is 0 Å². The van der Waals surface area contributed by atoms with Crippen LogP contribution in [0.3, 0.4) is 0 Å². The van der Waals surface area contributed by atoms with E-state index in [9.17, 15) is 0 Å². The van der Waals surface area contributed by atoms with E-state index < -0.39 is 0 Å². The predicted molar refractivity (Wildman–Crippen MR) is 83.1 cm³/mol. The Labute approximate surface area is 130 Å². The molecule has 0 atom stereocenters. The molecule has 0 heterocycles. The Morgan fingerprint density at radius 1 is 0.682 bits per heavy atom. The molecule has 0 fully saturated rings. The van der Waals surface area contributed by atoms with Crippen LogP contribution < -0.4 is 10.4 Å².